The first kappa shape index (κ1) is 9.71. The van der Waals surface area contributed by atoms with Gasteiger partial charge in [-0.2, -0.15) is 0 Å². The molecule has 0 fully saturated rings. The third kappa shape index (κ3) is 1.82. The molecule has 0 amide bonds. The Labute approximate surface area is 92.1 Å². The van der Waals surface area contributed by atoms with Crippen molar-refractivity contribution in [1.82, 2.24) is 0 Å². The summed E-state index contributed by atoms with van der Waals surface area (Å²) in [5.41, 5.74) is 2.01. The van der Waals surface area contributed by atoms with Crippen LogP contribution in [0.3, 0.4) is 0 Å². The van der Waals surface area contributed by atoms with Crippen LogP contribution in [0.15, 0.2) is 35.5 Å². The molecule has 1 aliphatic rings. The fraction of sp³-hybridized carbons (Fsp3) is 0.364. The Bertz CT molecular complexity index is 350. The predicted octanol–water partition coefficient (Wildman–Crippen LogP) is 2.96. The van der Waals surface area contributed by atoms with Gasteiger partial charge in [0.2, 0.25) is 0 Å². The van der Waals surface area contributed by atoms with E-state index in [1.807, 2.05) is 18.2 Å². The molecule has 74 valence electrons. The van der Waals surface area contributed by atoms with Gasteiger partial charge in [0.05, 0.1) is 5.71 Å². The van der Waals surface area contributed by atoms with Gasteiger partial charge in [0.25, 0.3) is 0 Å². The third-order valence-electron chi connectivity index (χ3n) is 2.31. The van der Waals surface area contributed by atoms with Gasteiger partial charge in [-0.05, 0) is 12.5 Å². The van der Waals surface area contributed by atoms with Gasteiger partial charge >= 0.3 is 0 Å². The second-order valence-corrected chi connectivity index (χ2v) is 4.32. The molecule has 1 unspecified atom stereocenters. The quantitative estimate of drug-likeness (QED) is 0.743. The van der Waals surface area contributed by atoms with Gasteiger partial charge in [-0.15, -0.1) is 0 Å². The molecule has 0 saturated heterocycles. The van der Waals surface area contributed by atoms with Crippen LogP contribution in [0.2, 0.25) is 0 Å². The Morgan fingerprint density at radius 2 is 2.14 bits per heavy atom. The standard InChI is InChI=1S/C11H12BrNO/c1-11(8-12)7-10(13-14-11)9-5-3-2-4-6-9/h2-6H,7-8H2,1H3. The maximum absolute atomic E-state index is 5.40. The molecule has 0 aliphatic carbocycles. The molecular weight excluding hydrogens is 242 g/mol. The van der Waals surface area contributed by atoms with Crippen molar-refractivity contribution in [3.8, 4) is 0 Å². The molecule has 14 heavy (non-hydrogen) atoms. The second-order valence-electron chi connectivity index (χ2n) is 3.76. The van der Waals surface area contributed by atoms with Crippen LogP contribution in [-0.2, 0) is 4.84 Å². The van der Waals surface area contributed by atoms with Crippen LogP contribution >= 0.6 is 15.9 Å². The highest BCUT2D eigenvalue weighted by Crippen LogP contribution is 2.27. The van der Waals surface area contributed by atoms with Crippen LogP contribution in [0.1, 0.15) is 18.9 Å². The Hall–Kier alpha value is -0.830. The van der Waals surface area contributed by atoms with Gasteiger partial charge in [0.1, 0.15) is 5.60 Å². The average Bonchev–Trinajstić information content (AvgIpc) is 2.63. The van der Waals surface area contributed by atoms with Crippen LogP contribution in [-0.4, -0.2) is 16.6 Å². The topological polar surface area (TPSA) is 21.6 Å². The average molecular weight is 254 g/mol. The van der Waals surface area contributed by atoms with Gasteiger partial charge in [-0.1, -0.05) is 51.4 Å². The lowest BCUT2D eigenvalue weighted by atomic mass is 9.98. The Morgan fingerprint density at radius 3 is 2.71 bits per heavy atom. The Morgan fingerprint density at radius 1 is 1.43 bits per heavy atom. The normalized spacial score (nSPS) is 25.7. The molecule has 0 spiro atoms. The maximum atomic E-state index is 5.40. The maximum Gasteiger partial charge on any atom is 0.150 e. The summed E-state index contributed by atoms with van der Waals surface area (Å²) in [5, 5.41) is 4.92. The van der Waals surface area contributed by atoms with E-state index < -0.39 is 0 Å². The molecule has 2 nitrogen and oxygen atoms in total. The van der Waals surface area contributed by atoms with E-state index in [9.17, 15) is 0 Å². The van der Waals surface area contributed by atoms with E-state index in [4.69, 9.17) is 4.84 Å². The van der Waals surface area contributed by atoms with Crippen molar-refractivity contribution in [3.05, 3.63) is 35.9 Å². The number of hydrogen-bond acceptors (Lipinski definition) is 2. The summed E-state index contributed by atoms with van der Waals surface area (Å²) in [5.74, 6) is 0. The summed E-state index contributed by atoms with van der Waals surface area (Å²) in [6.45, 7) is 2.06. The number of oxime groups is 1. The molecular formula is C11H12BrNO. The molecule has 1 aliphatic heterocycles. The van der Waals surface area contributed by atoms with Crippen LogP contribution < -0.4 is 0 Å². The third-order valence-corrected chi connectivity index (χ3v) is 3.49. The number of rotatable bonds is 2. The summed E-state index contributed by atoms with van der Waals surface area (Å²) < 4.78 is 0. The lowest BCUT2D eigenvalue weighted by Crippen LogP contribution is -2.26. The Balaban J connectivity index is 2.17. The van der Waals surface area contributed by atoms with E-state index in [-0.39, 0.29) is 5.60 Å². The lowest BCUT2D eigenvalue weighted by molar-refractivity contribution is 0.0173. The summed E-state index contributed by atoms with van der Waals surface area (Å²) in [6, 6.07) is 10.1. The smallest absolute Gasteiger partial charge is 0.150 e. The fourth-order valence-electron chi connectivity index (χ4n) is 1.44. The van der Waals surface area contributed by atoms with Crippen LogP contribution in [0.4, 0.5) is 0 Å². The zero-order valence-corrected chi connectivity index (χ0v) is 9.62. The summed E-state index contributed by atoms with van der Waals surface area (Å²) >= 11 is 3.43. The highest BCUT2D eigenvalue weighted by atomic mass is 79.9. The van der Waals surface area contributed by atoms with Gasteiger partial charge in [0, 0.05) is 11.8 Å². The number of nitrogens with zero attached hydrogens (tertiary/aromatic N) is 1. The highest BCUT2D eigenvalue weighted by molar-refractivity contribution is 9.09. The molecule has 1 atom stereocenters. The molecule has 0 saturated carbocycles. The van der Waals surface area contributed by atoms with E-state index in [2.05, 4.69) is 40.1 Å². The molecule has 1 aromatic rings. The van der Waals surface area contributed by atoms with Crippen molar-refractivity contribution >= 4 is 21.6 Å². The summed E-state index contributed by atoms with van der Waals surface area (Å²) in [7, 11) is 0. The molecule has 0 N–H and O–H groups in total. The SMILES string of the molecule is CC1(CBr)CC(c2ccccc2)=NO1. The van der Waals surface area contributed by atoms with E-state index >= 15 is 0 Å². The molecule has 0 aromatic heterocycles. The van der Waals surface area contributed by atoms with Gasteiger partial charge in [-0.25, -0.2) is 0 Å². The molecule has 2 rings (SSSR count). The first-order valence-corrected chi connectivity index (χ1v) is 5.72. The van der Waals surface area contributed by atoms with E-state index in [1.54, 1.807) is 0 Å². The lowest BCUT2D eigenvalue weighted by Gasteiger charge is -2.17. The van der Waals surface area contributed by atoms with Crippen molar-refractivity contribution in [3.63, 3.8) is 0 Å². The number of hydrogen-bond donors (Lipinski definition) is 0. The molecule has 3 heteroatoms. The number of alkyl halides is 1. The van der Waals surface area contributed by atoms with E-state index in [0.29, 0.717) is 0 Å². The molecule has 0 bridgehead atoms. The summed E-state index contributed by atoms with van der Waals surface area (Å²) in [4.78, 5) is 5.40. The van der Waals surface area contributed by atoms with Crippen molar-refractivity contribution in [2.24, 2.45) is 5.16 Å². The van der Waals surface area contributed by atoms with Gasteiger partial charge < -0.3 is 4.84 Å². The van der Waals surface area contributed by atoms with Crippen LogP contribution in [0.25, 0.3) is 0 Å². The molecule has 0 radical (unpaired) electrons. The van der Waals surface area contributed by atoms with Crippen LogP contribution in [0, 0.1) is 0 Å². The Kier molecular flexibility index (Phi) is 2.59. The number of halogens is 1. The highest BCUT2D eigenvalue weighted by Gasteiger charge is 2.33. The first-order chi connectivity index (χ1) is 6.73. The minimum absolute atomic E-state index is 0.175. The first-order valence-electron chi connectivity index (χ1n) is 4.60. The fourth-order valence-corrected chi connectivity index (χ4v) is 1.74. The molecule has 1 heterocycles. The van der Waals surface area contributed by atoms with E-state index in [1.165, 1.54) is 0 Å². The number of benzene rings is 1. The minimum Gasteiger partial charge on any atom is -0.388 e. The summed E-state index contributed by atoms with van der Waals surface area (Å²) in [6.07, 6.45) is 0.863. The van der Waals surface area contributed by atoms with E-state index in [0.717, 1.165) is 23.0 Å². The zero-order chi connectivity index (χ0) is 10.0. The van der Waals surface area contributed by atoms with Gasteiger partial charge in [-0.3, -0.25) is 0 Å². The van der Waals surface area contributed by atoms with Crippen molar-refractivity contribution in [2.75, 3.05) is 5.33 Å². The second kappa shape index (κ2) is 3.73. The minimum atomic E-state index is -0.175. The van der Waals surface area contributed by atoms with Crippen LogP contribution in [0.5, 0.6) is 0 Å². The largest absolute Gasteiger partial charge is 0.388 e. The van der Waals surface area contributed by atoms with Crippen molar-refractivity contribution in [1.29, 1.82) is 0 Å². The monoisotopic (exact) mass is 253 g/mol. The zero-order valence-electron chi connectivity index (χ0n) is 8.03. The van der Waals surface area contributed by atoms with Crippen molar-refractivity contribution in [2.45, 2.75) is 18.9 Å². The van der Waals surface area contributed by atoms with Gasteiger partial charge in [0.15, 0.2) is 0 Å². The molecule has 1 aromatic carbocycles. The van der Waals surface area contributed by atoms with Crippen molar-refractivity contribution < 1.29 is 4.84 Å². The predicted molar refractivity (Wildman–Crippen MR) is 60.9 cm³/mol.